The minimum Gasteiger partial charge on any atom is -0.452 e. The van der Waals surface area contributed by atoms with Crippen LogP contribution >= 0.6 is 11.6 Å². The standard InChI is InChI=1S/C32H53ClO8Si2/c1-29(2,3)28(35)38-25-24(40-42(13,14)30(4,5)6)23-22(19-36-43(41-23,31(7,8)9)32(10,11)12)37-27(25)39-26(34)20-16-15-17-21(33)18-20/h15-18,22-25,27H,19H2,1-14H3/t22-,23-,24+,25+,27-/m1/s1. The third-order valence-electron chi connectivity index (χ3n) is 8.69. The SMILES string of the molecule is CC(C)(C)C(=O)O[C@@H]1[C@@H](OC(=O)c2cccc(Cl)c2)O[C@@H]2CO[Si](C(C)(C)C)(C(C)(C)C)O[C@H]2[C@@H]1O[Si](C)(C)C(C)(C)C. The number of ether oxygens (including phenoxy) is 3. The summed E-state index contributed by atoms with van der Waals surface area (Å²) < 4.78 is 39.6. The van der Waals surface area contributed by atoms with Gasteiger partial charge in [-0.25, -0.2) is 4.79 Å². The average Bonchev–Trinajstić information content (AvgIpc) is 2.82. The van der Waals surface area contributed by atoms with Gasteiger partial charge in [0.1, 0.15) is 18.3 Å². The second kappa shape index (κ2) is 12.2. The molecule has 244 valence electrons. The van der Waals surface area contributed by atoms with Crippen LogP contribution in [0.3, 0.4) is 0 Å². The Balaban J connectivity index is 2.16. The Morgan fingerprint density at radius 1 is 0.907 bits per heavy atom. The molecule has 0 radical (unpaired) electrons. The first-order chi connectivity index (χ1) is 19.3. The van der Waals surface area contributed by atoms with E-state index in [1.807, 2.05) is 0 Å². The number of fused-ring (bicyclic) bond motifs is 1. The summed E-state index contributed by atoms with van der Waals surface area (Å²) in [6, 6.07) is 6.48. The van der Waals surface area contributed by atoms with E-state index in [1.54, 1.807) is 39.0 Å². The molecule has 3 rings (SSSR count). The van der Waals surface area contributed by atoms with Crippen molar-refractivity contribution in [2.75, 3.05) is 6.61 Å². The van der Waals surface area contributed by atoms with E-state index in [9.17, 15) is 9.59 Å². The first-order valence-electron chi connectivity index (χ1n) is 15.1. The molecule has 43 heavy (non-hydrogen) atoms. The van der Waals surface area contributed by atoms with Gasteiger partial charge < -0.3 is 27.5 Å². The van der Waals surface area contributed by atoms with Crippen LogP contribution in [0.2, 0.25) is 33.2 Å². The van der Waals surface area contributed by atoms with Crippen LogP contribution in [-0.2, 0) is 32.3 Å². The van der Waals surface area contributed by atoms with Crippen molar-refractivity contribution in [1.82, 2.24) is 0 Å². The van der Waals surface area contributed by atoms with E-state index < -0.39 is 64.9 Å². The lowest BCUT2D eigenvalue weighted by Crippen LogP contribution is -2.73. The highest BCUT2D eigenvalue weighted by Gasteiger charge is 2.66. The molecule has 2 heterocycles. The number of esters is 2. The Hall–Kier alpha value is -1.28. The van der Waals surface area contributed by atoms with Gasteiger partial charge in [0.25, 0.3) is 0 Å². The molecule has 5 atom stereocenters. The largest absolute Gasteiger partial charge is 0.452 e. The summed E-state index contributed by atoms with van der Waals surface area (Å²) in [5.41, 5.74) is -0.574. The van der Waals surface area contributed by atoms with Crippen molar-refractivity contribution >= 4 is 40.4 Å². The molecule has 0 unspecified atom stereocenters. The predicted octanol–water partition coefficient (Wildman–Crippen LogP) is 8.03. The normalized spacial score (nSPS) is 26.8. The lowest BCUT2D eigenvalue weighted by molar-refractivity contribution is -0.296. The molecule has 8 nitrogen and oxygen atoms in total. The van der Waals surface area contributed by atoms with Gasteiger partial charge in [0.2, 0.25) is 6.29 Å². The molecular weight excluding hydrogens is 604 g/mol. The predicted molar refractivity (Wildman–Crippen MR) is 173 cm³/mol. The molecular formula is C32H53ClO8Si2. The lowest BCUT2D eigenvalue weighted by Gasteiger charge is -2.58. The molecule has 2 fully saturated rings. The van der Waals surface area contributed by atoms with Gasteiger partial charge in [-0.3, -0.25) is 4.79 Å². The minimum absolute atomic E-state index is 0.167. The van der Waals surface area contributed by atoms with Crippen LogP contribution in [0, 0.1) is 5.41 Å². The highest BCUT2D eigenvalue weighted by molar-refractivity contribution is 6.74. The number of hydrogen-bond acceptors (Lipinski definition) is 8. The molecule has 2 aliphatic rings. The maximum absolute atomic E-state index is 13.5. The van der Waals surface area contributed by atoms with Crippen molar-refractivity contribution in [3.8, 4) is 0 Å². The Kier molecular flexibility index (Phi) is 10.2. The maximum atomic E-state index is 13.5. The molecule has 0 aliphatic carbocycles. The summed E-state index contributed by atoms with van der Waals surface area (Å²) in [5.74, 6) is -1.12. The first kappa shape index (κ1) is 36.2. The van der Waals surface area contributed by atoms with Gasteiger partial charge in [-0.1, -0.05) is 80.0 Å². The number of carbonyl (C=O) groups is 2. The van der Waals surface area contributed by atoms with Gasteiger partial charge >= 0.3 is 20.5 Å². The highest BCUT2D eigenvalue weighted by Crippen LogP contribution is 2.56. The molecule has 0 aromatic heterocycles. The topological polar surface area (TPSA) is 89.5 Å². The van der Waals surface area contributed by atoms with Gasteiger partial charge in [-0.2, -0.15) is 0 Å². The summed E-state index contributed by atoms with van der Waals surface area (Å²) in [5, 5.41) is -0.370. The van der Waals surface area contributed by atoms with Gasteiger partial charge in [0.05, 0.1) is 17.6 Å². The molecule has 2 saturated heterocycles. The number of hydrogen-bond donors (Lipinski definition) is 0. The molecule has 0 spiro atoms. The van der Waals surface area contributed by atoms with Crippen molar-refractivity contribution in [3.63, 3.8) is 0 Å². The smallest absolute Gasteiger partial charge is 0.349 e. The van der Waals surface area contributed by atoms with Crippen LogP contribution in [0.15, 0.2) is 24.3 Å². The Morgan fingerprint density at radius 3 is 1.98 bits per heavy atom. The van der Waals surface area contributed by atoms with E-state index in [0.717, 1.165) is 0 Å². The summed E-state index contributed by atoms with van der Waals surface area (Å²) in [7, 11) is -5.48. The minimum atomic E-state index is -2.98. The molecule has 0 amide bonds. The van der Waals surface area contributed by atoms with Gasteiger partial charge in [-0.05, 0) is 57.1 Å². The van der Waals surface area contributed by atoms with E-state index in [2.05, 4.69) is 75.4 Å². The fourth-order valence-electron chi connectivity index (χ4n) is 5.45. The zero-order valence-corrected chi connectivity index (χ0v) is 31.3. The quantitative estimate of drug-likeness (QED) is 0.232. The number of rotatable bonds is 5. The molecule has 0 saturated carbocycles. The maximum Gasteiger partial charge on any atom is 0.349 e. The Bertz CT molecular complexity index is 1160. The summed E-state index contributed by atoms with van der Waals surface area (Å²) in [4.78, 5) is 26.8. The van der Waals surface area contributed by atoms with Crippen molar-refractivity contribution in [2.45, 2.75) is 142 Å². The molecule has 0 bridgehead atoms. The van der Waals surface area contributed by atoms with E-state index in [1.165, 1.54) is 6.07 Å². The van der Waals surface area contributed by atoms with E-state index in [4.69, 9.17) is 39.1 Å². The average molecular weight is 657 g/mol. The number of benzene rings is 1. The third kappa shape index (κ3) is 7.59. The van der Waals surface area contributed by atoms with E-state index >= 15 is 0 Å². The monoisotopic (exact) mass is 656 g/mol. The third-order valence-corrected chi connectivity index (χ3v) is 18.5. The van der Waals surface area contributed by atoms with Crippen LogP contribution in [0.25, 0.3) is 0 Å². The summed E-state index contributed by atoms with van der Waals surface area (Å²) in [6.07, 6.45) is -4.37. The van der Waals surface area contributed by atoms with E-state index in [0.29, 0.717) is 5.02 Å². The summed E-state index contributed by atoms with van der Waals surface area (Å²) >= 11 is 6.16. The number of carbonyl (C=O) groups excluding carboxylic acids is 2. The zero-order valence-electron chi connectivity index (χ0n) is 28.5. The molecule has 11 heteroatoms. The second-order valence-electron chi connectivity index (χ2n) is 16.4. The molecule has 0 N–H and O–H groups in total. The van der Waals surface area contributed by atoms with Crippen molar-refractivity contribution in [1.29, 1.82) is 0 Å². The molecule has 1 aromatic rings. The molecule has 1 aromatic carbocycles. The van der Waals surface area contributed by atoms with Crippen molar-refractivity contribution in [2.24, 2.45) is 5.41 Å². The van der Waals surface area contributed by atoms with Crippen LogP contribution in [0.5, 0.6) is 0 Å². The fraction of sp³-hybridized carbons (Fsp3) is 0.750. The highest BCUT2D eigenvalue weighted by atomic mass is 35.5. The van der Waals surface area contributed by atoms with Gasteiger partial charge in [0, 0.05) is 15.1 Å². The first-order valence-corrected chi connectivity index (χ1v) is 20.2. The zero-order chi connectivity index (χ0) is 33.0. The van der Waals surface area contributed by atoms with Crippen LogP contribution < -0.4 is 0 Å². The van der Waals surface area contributed by atoms with Crippen molar-refractivity contribution in [3.05, 3.63) is 34.9 Å². The number of halogens is 1. The fourth-order valence-corrected chi connectivity index (χ4v) is 11.9. The second-order valence-corrected chi connectivity index (χ2v) is 26.4. The summed E-state index contributed by atoms with van der Waals surface area (Å²) in [6.45, 7) is 29.2. The van der Waals surface area contributed by atoms with Gasteiger partial charge in [-0.15, -0.1) is 0 Å². The molecule has 2 aliphatic heterocycles. The van der Waals surface area contributed by atoms with Crippen LogP contribution in [0.1, 0.15) is 93.4 Å². The lowest BCUT2D eigenvalue weighted by atomic mass is 9.95. The van der Waals surface area contributed by atoms with E-state index in [-0.39, 0.29) is 27.3 Å². The van der Waals surface area contributed by atoms with Crippen LogP contribution in [-0.4, -0.2) is 66.1 Å². The Morgan fingerprint density at radius 2 is 1.49 bits per heavy atom. The Labute approximate surface area is 265 Å². The van der Waals surface area contributed by atoms with Crippen molar-refractivity contribution < 1.29 is 37.1 Å². The van der Waals surface area contributed by atoms with Crippen LogP contribution in [0.4, 0.5) is 0 Å². The van der Waals surface area contributed by atoms with Gasteiger partial charge in [0.15, 0.2) is 14.4 Å².